The molecule has 104 valence electrons. The fourth-order valence-electron chi connectivity index (χ4n) is 1.64. The van der Waals surface area contributed by atoms with E-state index in [0.29, 0.717) is 5.02 Å². The van der Waals surface area contributed by atoms with Gasteiger partial charge in [-0.1, -0.05) is 17.7 Å². The molecule has 0 atom stereocenters. The van der Waals surface area contributed by atoms with E-state index in [0.717, 1.165) is 6.07 Å². The summed E-state index contributed by atoms with van der Waals surface area (Å²) in [5.74, 6) is -3.08. The van der Waals surface area contributed by atoms with E-state index in [2.05, 4.69) is 0 Å². The molecule has 20 heavy (non-hydrogen) atoms. The van der Waals surface area contributed by atoms with Gasteiger partial charge in [-0.05, 0) is 30.3 Å². The van der Waals surface area contributed by atoms with E-state index in [-0.39, 0.29) is 17.9 Å². The van der Waals surface area contributed by atoms with Crippen LogP contribution in [0.5, 0.6) is 5.75 Å². The van der Waals surface area contributed by atoms with E-state index >= 15 is 0 Å². The van der Waals surface area contributed by atoms with Crippen LogP contribution in [0, 0.1) is 11.6 Å². The third-order valence-electron chi connectivity index (χ3n) is 2.58. The zero-order chi connectivity index (χ0) is 14.7. The second-order valence-corrected chi connectivity index (χ2v) is 4.38. The highest BCUT2D eigenvalue weighted by atomic mass is 35.5. The van der Waals surface area contributed by atoms with Gasteiger partial charge in [-0.15, -0.1) is 0 Å². The molecule has 0 heterocycles. The van der Waals surface area contributed by atoms with Gasteiger partial charge in [0.15, 0.2) is 0 Å². The number of ether oxygens (including phenoxy) is 1. The number of rotatable bonds is 4. The molecule has 0 aliphatic carbocycles. The minimum atomic E-state index is -1.45. The van der Waals surface area contributed by atoms with Crippen LogP contribution in [0.15, 0.2) is 36.4 Å². The van der Waals surface area contributed by atoms with E-state index < -0.39 is 23.2 Å². The van der Waals surface area contributed by atoms with Gasteiger partial charge >= 0.3 is 5.97 Å². The first-order valence-electron chi connectivity index (χ1n) is 5.57. The Morgan fingerprint density at radius 3 is 2.65 bits per heavy atom. The molecule has 2 aromatic carbocycles. The maximum atomic E-state index is 13.5. The molecule has 6 heteroatoms. The predicted molar refractivity (Wildman–Crippen MR) is 69.1 cm³/mol. The Kier molecular flexibility index (Phi) is 4.20. The first-order chi connectivity index (χ1) is 9.49. The largest absolute Gasteiger partial charge is 0.488 e. The van der Waals surface area contributed by atoms with Crippen LogP contribution in [0.25, 0.3) is 0 Å². The second-order valence-electron chi connectivity index (χ2n) is 3.94. The van der Waals surface area contributed by atoms with Crippen LogP contribution in [0.2, 0.25) is 5.02 Å². The molecule has 1 N–H and O–H groups in total. The maximum Gasteiger partial charge on any atom is 0.342 e. The summed E-state index contributed by atoms with van der Waals surface area (Å²) in [6.45, 7) is -0.254. The van der Waals surface area contributed by atoms with Gasteiger partial charge in [0.05, 0.1) is 0 Å². The summed E-state index contributed by atoms with van der Waals surface area (Å²) in [6, 6.07) is 7.53. The summed E-state index contributed by atoms with van der Waals surface area (Å²) >= 11 is 5.73. The van der Waals surface area contributed by atoms with Gasteiger partial charge in [0.2, 0.25) is 0 Å². The minimum Gasteiger partial charge on any atom is -0.488 e. The topological polar surface area (TPSA) is 46.5 Å². The van der Waals surface area contributed by atoms with Gasteiger partial charge in [-0.25, -0.2) is 13.6 Å². The molecule has 0 fully saturated rings. The van der Waals surface area contributed by atoms with Crippen molar-refractivity contribution in [3.63, 3.8) is 0 Å². The fraction of sp³-hybridized carbons (Fsp3) is 0.0714. The summed E-state index contributed by atoms with van der Waals surface area (Å²) in [4.78, 5) is 11.0. The number of carboxylic acid groups (broad SMARTS) is 1. The number of benzene rings is 2. The van der Waals surface area contributed by atoms with Gasteiger partial charge < -0.3 is 9.84 Å². The highest BCUT2D eigenvalue weighted by molar-refractivity contribution is 6.30. The van der Waals surface area contributed by atoms with E-state index in [4.69, 9.17) is 21.4 Å². The zero-order valence-corrected chi connectivity index (χ0v) is 10.8. The predicted octanol–water partition coefficient (Wildman–Crippen LogP) is 3.90. The second kappa shape index (κ2) is 5.88. The van der Waals surface area contributed by atoms with Crippen molar-refractivity contribution < 1.29 is 23.4 Å². The van der Waals surface area contributed by atoms with Gasteiger partial charge in [0, 0.05) is 10.6 Å². The summed E-state index contributed by atoms with van der Waals surface area (Å²) in [5.41, 5.74) is -0.437. The number of hydrogen-bond acceptors (Lipinski definition) is 2. The lowest BCUT2D eigenvalue weighted by molar-refractivity contribution is 0.0686. The average Bonchev–Trinajstić information content (AvgIpc) is 2.39. The molecule has 0 spiro atoms. The van der Waals surface area contributed by atoms with Crippen LogP contribution in [0.1, 0.15) is 15.9 Å². The summed E-state index contributed by atoms with van der Waals surface area (Å²) in [7, 11) is 0. The molecule has 0 unspecified atom stereocenters. The number of carboxylic acids is 1. The molecule has 0 aliphatic heterocycles. The Morgan fingerprint density at radius 2 is 1.95 bits per heavy atom. The molecular weight excluding hydrogens is 290 g/mol. The lowest BCUT2D eigenvalue weighted by atomic mass is 10.2. The lowest BCUT2D eigenvalue weighted by Crippen LogP contribution is -2.06. The van der Waals surface area contributed by atoms with Crippen molar-refractivity contribution in [3.8, 4) is 5.75 Å². The Labute approximate surface area is 118 Å². The Bertz CT molecular complexity index is 659. The minimum absolute atomic E-state index is 0.151. The van der Waals surface area contributed by atoms with E-state index in [9.17, 15) is 13.6 Å². The zero-order valence-electron chi connectivity index (χ0n) is 10.1. The maximum absolute atomic E-state index is 13.5. The number of aromatic carboxylic acids is 1. The Balaban J connectivity index is 2.25. The molecule has 0 radical (unpaired) electrons. The molecule has 0 saturated carbocycles. The standard InChI is InChI=1S/C14H9ClF2O3/c15-9-4-5-10(16)8(6-9)7-20-12-3-1-2-11(17)13(12)14(18)19/h1-6H,7H2,(H,18,19). The normalized spacial score (nSPS) is 10.3. The van der Waals surface area contributed by atoms with Gasteiger partial charge in [0.1, 0.15) is 29.6 Å². The average molecular weight is 299 g/mol. The van der Waals surface area contributed by atoms with Crippen LogP contribution in [-0.4, -0.2) is 11.1 Å². The molecule has 0 amide bonds. The first-order valence-corrected chi connectivity index (χ1v) is 5.95. The molecular formula is C14H9ClF2O3. The molecule has 2 aromatic rings. The third-order valence-corrected chi connectivity index (χ3v) is 2.82. The van der Waals surface area contributed by atoms with Gasteiger partial charge in [-0.2, -0.15) is 0 Å². The highest BCUT2D eigenvalue weighted by Gasteiger charge is 2.17. The number of carbonyl (C=O) groups is 1. The molecule has 2 rings (SSSR count). The van der Waals surface area contributed by atoms with Crippen LogP contribution in [0.4, 0.5) is 8.78 Å². The van der Waals surface area contributed by atoms with Crippen molar-refractivity contribution in [2.45, 2.75) is 6.61 Å². The van der Waals surface area contributed by atoms with Crippen LogP contribution in [0.3, 0.4) is 0 Å². The van der Waals surface area contributed by atoms with E-state index in [1.807, 2.05) is 0 Å². The Morgan fingerprint density at radius 1 is 1.20 bits per heavy atom. The smallest absolute Gasteiger partial charge is 0.342 e. The molecule has 0 aromatic heterocycles. The quantitative estimate of drug-likeness (QED) is 0.931. The first kappa shape index (κ1) is 14.3. The van der Waals surface area contributed by atoms with Gasteiger partial charge in [-0.3, -0.25) is 0 Å². The lowest BCUT2D eigenvalue weighted by Gasteiger charge is -2.10. The monoisotopic (exact) mass is 298 g/mol. The van der Waals surface area contributed by atoms with Gasteiger partial charge in [0.25, 0.3) is 0 Å². The number of hydrogen-bond donors (Lipinski definition) is 1. The summed E-state index contributed by atoms with van der Waals surface area (Å²) < 4.78 is 32.1. The van der Waals surface area contributed by atoms with Crippen LogP contribution in [-0.2, 0) is 6.61 Å². The summed E-state index contributed by atoms with van der Waals surface area (Å²) in [6.07, 6.45) is 0. The van der Waals surface area contributed by atoms with E-state index in [1.54, 1.807) is 0 Å². The Hall–Kier alpha value is -2.14. The third kappa shape index (κ3) is 3.05. The number of halogens is 3. The molecule has 0 bridgehead atoms. The van der Waals surface area contributed by atoms with Crippen LogP contribution < -0.4 is 4.74 Å². The van der Waals surface area contributed by atoms with Crippen molar-refractivity contribution in [2.75, 3.05) is 0 Å². The SMILES string of the molecule is O=C(O)c1c(F)cccc1OCc1cc(Cl)ccc1F. The molecule has 3 nitrogen and oxygen atoms in total. The molecule has 0 aliphatic rings. The highest BCUT2D eigenvalue weighted by Crippen LogP contribution is 2.23. The molecule has 0 saturated heterocycles. The van der Waals surface area contributed by atoms with Crippen molar-refractivity contribution in [1.29, 1.82) is 0 Å². The van der Waals surface area contributed by atoms with Crippen molar-refractivity contribution in [1.82, 2.24) is 0 Å². The van der Waals surface area contributed by atoms with Crippen molar-refractivity contribution >= 4 is 17.6 Å². The van der Waals surface area contributed by atoms with Crippen LogP contribution >= 0.6 is 11.6 Å². The van der Waals surface area contributed by atoms with Crippen molar-refractivity contribution in [2.24, 2.45) is 0 Å². The van der Waals surface area contributed by atoms with Crippen molar-refractivity contribution in [3.05, 3.63) is 64.2 Å². The summed E-state index contributed by atoms with van der Waals surface area (Å²) in [5, 5.41) is 9.25. The fourth-order valence-corrected chi connectivity index (χ4v) is 1.84. The van der Waals surface area contributed by atoms with E-state index in [1.165, 1.54) is 30.3 Å².